The summed E-state index contributed by atoms with van der Waals surface area (Å²) < 4.78 is 4.98. The molecule has 0 saturated carbocycles. The lowest BCUT2D eigenvalue weighted by Crippen LogP contribution is -2.46. The van der Waals surface area contributed by atoms with E-state index >= 15 is 0 Å². The molecule has 0 atom stereocenters. The second-order valence-electron chi connectivity index (χ2n) is 4.61. The fraction of sp³-hybridized carbons (Fsp3) is 0.417. The van der Waals surface area contributed by atoms with Crippen LogP contribution in [0.4, 0.5) is 5.69 Å². The van der Waals surface area contributed by atoms with Gasteiger partial charge in [0.05, 0.1) is 24.2 Å². The van der Waals surface area contributed by atoms with Crippen LogP contribution in [0.5, 0.6) is 5.75 Å². The predicted octanol–water partition coefficient (Wildman–Crippen LogP) is 1.10. The van der Waals surface area contributed by atoms with E-state index in [0.29, 0.717) is 0 Å². The molecule has 104 valence electrons. The van der Waals surface area contributed by atoms with Gasteiger partial charge in [-0.3, -0.25) is 14.9 Å². The second kappa shape index (κ2) is 5.66. The second-order valence-corrected chi connectivity index (χ2v) is 4.61. The van der Waals surface area contributed by atoms with Crippen molar-refractivity contribution in [3.63, 3.8) is 0 Å². The lowest BCUT2D eigenvalue weighted by atomic mass is 10.0. The molecule has 1 aromatic carbocycles. The number of aliphatic hydroxyl groups is 1. The highest BCUT2D eigenvalue weighted by Crippen LogP contribution is 2.28. The van der Waals surface area contributed by atoms with Gasteiger partial charge >= 0.3 is 0 Å². The molecule has 7 heteroatoms. The van der Waals surface area contributed by atoms with Gasteiger partial charge in [0.2, 0.25) is 0 Å². The van der Waals surface area contributed by atoms with E-state index in [9.17, 15) is 14.9 Å². The van der Waals surface area contributed by atoms with Crippen LogP contribution in [0.15, 0.2) is 18.2 Å². The van der Waals surface area contributed by atoms with Gasteiger partial charge in [-0.1, -0.05) is 6.07 Å². The molecule has 0 unspecified atom stereocenters. The Bertz CT molecular complexity index is 499. The summed E-state index contributed by atoms with van der Waals surface area (Å²) in [5.74, 6) is -0.552. The Morgan fingerprint density at radius 2 is 2.16 bits per heavy atom. The highest BCUT2D eigenvalue weighted by atomic mass is 16.6. The molecule has 0 heterocycles. The molecule has 0 aliphatic heterocycles. The summed E-state index contributed by atoms with van der Waals surface area (Å²) in [4.78, 5) is 22.4. The Morgan fingerprint density at radius 1 is 1.53 bits per heavy atom. The first-order valence-electron chi connectivity index (χ1n) is 5.57. The third-order valence-corrected chi connectivity index (χ3v) is 2.50. The zero-order chi connectivity index (χ0) is 14.6. The first-order valence-corrected chi connectivity index (χ1v) is 5.57. The van der Waals surface area contributed by atoms with E-state index in [1.807, 2.05) is 0 Å². The average molecular weight is 268 g/mol. The molecule has 0 aliphatic rings. The molecule has 7 nitrogen and oxygen atoms in total. The number of hydrogen-bond donors (Lipinski definition) is 2. The maximum Gasteiger partial charge on any atom is 0.285 e. The normalized spacial score (nSPS) is 10.9. The van der Waals surface area contributed by atoms with Crippen LogP contribution in [0.2, 0.25) is 0 Å². The zero-order valence-corrected chi connectivity index (χ0v) is 11.0. The van der Waals surface area contributed by atoms with Crippen molar-refractivity contribution in [2.75, 3.05) is 13.7 Å². The van der Waals surface area contributed by atoms with E-state index in [1.54, 1.807) is 13.8 Å². The molecular weight excluding hydrogens is 252 g/mol. The van der Waals surface area contributed by atoms with Gasteiger partial charge < -0.3 is 15.2 Å². The summed E-state index contributed by atoms with van der Waals surface area (Å²) in [7, 11) is 1.33. The van der Waals surface area contributed by atoms with Crippen LogP contribution in [0.1, 0.15) is 24.2 Å². The molecule has 19 heavy (non-hydrogen) atoms. The molecular formula is C12H16N2O5. The molecule has 2 N–H and O–H groups in total. The van der Waals surface area contributed by atoms with Gasteiger partial charge in [0.25, 0.3) is 11.6 Å². The van der Waals surface area contributed by atoms with Gasteiger partial charge in [0.1, 0.15) is 5.75 Å². The van der Waals surface area contributed by atoms with Crippen molar-refractivity contribution in [1.29, 1.82) is 0 Å². The summed E-state index contributed by atoms with van der Waals surface area (Å²) in [5.41, 5.74) is -1.38. The SMILES string of the molecule is COc1cccc([N+](=O)[O-])c1C(=O)NC(C)(C)CO. The topological polar surface area (TPSA) is 102 Å². The molecule has 0 spiro atoms. The Labute approximate surface area is 110 Å². The quantitative estimate of drug-likeness (QED) is 0.615. The summed E-state index contributed by atoms with van der Waals surface area (Å²) in [6.07, 6.45) is 0. The van der Waals surface area contributed by atoms with Crippen molar-refractivity contribution in [3.05, 3.63) is 33.9 Å². The predicted molar refractivity (Wildman–Crippen MR) is 68.3 cm³/mol. The average Bonchev–Trinajstić information content (AvgIpc) is 2.37. The minimum absolute atomic E-state index is 0.112. The number of nitrogens with one attached hydrogen (secondary N) is 1. The largest absolute Gasteiger partial charge is 0.496 e. The lowest BCUT2D eigenvalue weighted by molar-refractivity contribution is -0.385. The molecule has 0 aliphatic carbocycles. The van der Waals surface area contributed by atoms with E-state index in [4.69, 9.17) is 9.84 Å². The highest BCUT2D eigenvalue weighted by molar-refractivity contribution is 6.01. The number of carbonyl (C=O) groups is 1. The van der Waals surface area contributed by atoms with E-state index in [2.05, 4.69) is 5.32 Å². The standard InChI is InChI=1S/C12H16N2O5/c1-12(2,7-15)13-11(16)10-8(14(17)18)5-4-6-9(10)19-3/h4-6,15H,7H2,1-3H3,(H,13,16). The lowest BCUT2D eigenvalue weighted by Gasteiger charge is -2.23. The minimum Gasteiger partial charge on any atom is -0.496 e. The molecule has 0 saturated heterocycles. The Hall–Kier alpha value is -2.15. The van der Waals surface area contributed by atoms with Gasteiger partial charge in [-0.2, -0.15) is 0 Å². The van der Waals surface area contributed by atoms with Crippen molar-refractivity contribution >= 4 is 11.6 Å². The van der Waals surface area contributed by atoms with Crippen LogP contribution < -0.4 is 10.1 Å². The molecule has 0 fully saturated rings. The first-order chi connectivity index (χ1) is 8.82. The number of benzene rings is 1. The van der Waals surface area contributed by atoms with Gasteiger partial charge in [-0.25, -0.2) is 0 Å². The fourth-order valence-corrected chi connectivity index (χ4v) is 1.48. The number of aliphatic hydroxyl groups excluding tert-OH is 1. The molecule has 1 aromatic rings. The van der Waals surface area contributed by atoms with E-state index in [-0.39, 0.29) is 23.6 Å². The Kier molecular flexibility index (Phi) is 4.44. The van der Waals surface area contributed by atoms with Crippen molar-refractivity contribution in [2.45, 2.75) is 19.4 Å². The number of methoxy groups -OCH3 is 1. The summed E-state index contributed by atoms with van der Waals surface area (Å²) in [6.45, 7) is 2.92. The monoisotopic (exact) mass is 268 g/mol. The number of amides is 1. The van der Waals surface area contributed by atoms with Crippen LogP contribution in [0.3, 0.4) is 0 Å². The van der Waals surface area contributed by atoms with E-state index in [1.165, 1.54) is 25.3 Å². The van der Waals surface area contributed by atoms with Crippen LogP contribution in [0.25, 0.3) is 0 Å². The van der Waals surface area contributed by atoms with Crippen molar-refractivity contribution in [2.24, 2.45) is 0 Å². The van der Waals surface area contributed by atoms with Crippen molar-refractivity contribution < 1.29 is 19.6 Å². The van der Waals surface area contributed by atoms with Crippen molar-refractivity contribution in [1.82, 2.24) is 5.32 Å². The number of nitro benzene ring substituents is 1. The number of ether oxygens (including phenoxy) is 1. The molecule has 1 rings (SSSR count). The van der Waals surface area contributed by atoms with Crippen LogP contribution in [-0.2, 0) is 0 Å². The third-order valence-electron chi connectivity index (χ3n) is 2.50. The van der Waals surface area contributed by atoms with Gasteiger partial charge in [0, 0.05) is 6.07 Å². The number of hydrogen-bond acceptors (Lipinski definition) is 5. The first kappa shape index (κ1) is 14.9. The fourth-order valence-electron chi connectivity index (χ4n) is 1.48. The smallest absolute Gasteiger partial charge is 0.285 e. The number of nitro groups is 1. The van der Waals surface area contributed by atoms with Crippen LogP contribution >= 0.6 is 0 Å². The molecule has 1 amide bonds. The van der Waals surface area contributed by atoms with Crippen LogP contribution in [0, 0.1) is 10.1 Å². The van der Waals surface area contributed by atoms with Crippen LogP contribution in [-0.4, -0.2) is 35.2 Å². The Morgan fingerprint density at radius 3 is 2.63 bits per heavy atom. The Balaban J connectivity index is 3.24. The molecule has 0 radical (unpaired) electrons. The van der Waals surface area contributed by atoms with Gasteiger partial charge in [-0.15, -0.1) is 0 Å². The van der Waals surface area contributed by atoms with Gasteiger partial charge in [0.15, 0.2) is 5.56 Å². The van der Waals surface area contributed by atoms with Crippen molar-refractivity contribution in [3.8, 4) is 5.75 Å². The van der Waals surface area contributed by atoms with E-state index in [0.717, 1.165) is 0 Å². The maximum atomic E-state index is 12.1. The summed E-state index contributed by atoms with van der Waals surface area (Å²) in [5, 5.41) is 22.6. The summed E-state index contributed by atoms with van der Waals surface area (Å²) in [6, 6.07) is 4.13. The minimum atomic E-state index is -0.883. The summed E-state index contributed by atoms with van der Waals surface area (Å²) >= 11 is 0. The maximum absolute atomic E-state index is 12.1. The highest BCUT2D eigenvalue weighted by Gasteiger charge is 2.28. The third kappa shape index (κ3) is 3.41. The number of carbonyl (C=O) groups excluding carboxylic acids is 1. The van der Waals surface area contributed by atoms with E-state index < -0.39 is 16.4 Å². The van der Waals surface area contributed by atoms with Gasteiger partial charge in [-0.05, 0) is 19.9 Å². The molecule has 0 aromatic heterocycles. The number of nitrogens with zero attached hydrogens (tertiary/aromatic N) is 1. The number of rotatable bonds is 5. The molecule has 0 bridgehead atoms. The zero-order valence-electron chi connectivity index (χ0n) is 11.0.